The predicted octanol–water partition coefficient (Wildman–Crippen LogP) is 3.99. The van der Waals surface area contributed by atoms with E-state index in [-0.39, 0.29) is 11.5 Å². The van der Waals surface area contributed by atoms with E-state index < -0.39 is 5.97 Å². The number of carboxylic acids is 1. The highest BCUT2D eigenvalue weighted by Gasteiger charge is 2.09. The van der Waals surface area contributed by atoms with Gasteiger partial charge in [-0.25, -0.2) is 14.8 Å². The fourth-order valence-corrected chi connectivity index (χ4v) is 2.10. The lowest BCUT2D eigenvalue weighted by atomic mass is 10.1. The van der Waals surface area contributed by atoms with Crippen LogP contribution in [-0.2, 0) is 6.42 Å². The van der Waals surface area contributed by atoms with Gasteiger partial charge in [-0.2, -0.15) is 0 Å². The number of aryl methyl sites for hydroxylation is 1. The zero-order valence-electron chi connectivity index (χ0n) is 13.1. The largest absolute Gasteiger partial charge is 0.478 e. The van der Waals surface area contributed by atoms with Gasteiger partial charge in [0, 0.05) is 23.4 Å². The summed E-state index contributed by atoms with van der Waals surface area (Å²) < 4.78 is 0. The van der Waals surface area contributed by atoms with E-state index >= 15 is 0 Å². The van der Waals surface area contributed by atoms with Gasteiger partial charge in [0.2, 0.25) is 0 Å². The van der Waals surface area contributed by atoms with E-state index in [1.807, 2.05) is 12.1 Å². The molecule has 0 unspecified atom stereocenters. The Morgan fingerprint density at radius 1 is 1.27 bits per heavy atom. The van der Waals surface area contributed by atoms with Crippen molar-refractivity contribution in [3.05, 3.63) is 47.4 Å². The number of hydrogen-bond donors (Lipinski definition) is 2. The standard InChI is InChI=1S/C17H21N3O2/c1-4-6-13-10-15(20-16(19-13)11(2)3)18-14-8-5-7-12(9-14)17(21)22/h5,7-11H,4,6H2,1-3H3,(H,21,22)(H,18,19,20). The molecule has 1 aromatic heterocycles. The number of nitrogens with zero attached hydrogens (tertiary/aromatic N) is 2. The molecule has 0 saturated heterocycles. The fourth-order valence-electron chi connectivity index (χ4n) is 2.10. The minimum absolute atomic E-state index is 0.239. The van der Waals surface area contributed by atoms with Crippen LogP contribution in [0.2, 0.25) is 0 Å². The third-order valence-corrected chi connectivity index (χ3v) is 3.20. The molecule has 0 amide bonds. The van der Waals surface area contributed by atoms with Crippen molar-refractivity contribution in [2.75, 3.05) is 5.32 Å². The zero-order valence-corrected chi connectivity index (χ0v) is 13.1. The third-order valence-electron chi connectivity index (χ3n) is 3.20. The van der Waals surface area contributed by atoms with Gasteiger partial charge in [0.15, 0.2) is 0 Å². The molecule has 22 heavy (non-hydrogen) atoms. The van der Waals surface area contributed by atoms with Crippen LogP contribution in [0.15, 0.2) is 30.3 Å². The first-order valence-electron chi connectivity index (χ1n) is 7.47. The molecule has 0 radical (unpaired) electrons. The van der Waals surface area contributed by atoms with Crippen LogP contribution in [0.25, 0.3) is 0 Å². The molecule has 5 nitrogen and oxygen atoms in total. The van der Waals surface area contributed by atoms with Gasteiger partial charge in [0.05, 0.1) is 5.56 Å². The van der Waals surface area contributed by atoms with Crippen LogP contribution in [0.4, 0.5) is 11.5 Å². The first-order valence-corrected chi connectivity index (χ1v) is 7.47. The normalized spacial score (nSPS) is 10.7. The first kappa shape index (κ1) is 15.9. The lowest BCUT2D eigenvalue weighted by molar-refractivity contribution is 0.0697. The summed E-state index contributed by atoms with van der Waals surface area (Å²) in [7, 11) is 0. The Labute approximate surface area is 130 Å². The molecule has 1 heterocycles. The summed E-state index contributed by atoms with van der Waals surface area (Å²) >= 11 is 0. The summed E-state index contributed by atoms with van der Waals surface area (Å²) in [6.45, 7) is 6.22. The predicted molar refractivity (Wildman–Crippen MR) is 86.8 cm³/mol. The molecule has 2 aromatic rings. The van der Waals surface area contributed by atoms with Crippen LogP contribution in [0, 0.1) is 0 Å². The van der Waals surface area contributed by atoms with E-state index in [1.54, 1.807) is 18.2 Å². The van der Waals surface area contributed by atoms with Crippen LogP contribution in [-0.4, -0.2) is 21.0 Å². The smallest absolute Gasteiger partial charge is 0.335 e. The van der Waals surface area contributed by atoms with Crippen molar-refractivity contribution in [3.8, 4) is 0 Å². The van der Waals surface area contributed by atoms with E-state index in [4.69, 9.17) is 5.11 Å². The Morgan fingerprint density at radius 2 is 2.05 bits per heavy atom. The topological polar surface area (TPSA) is 75.1 Å². The number of aromatic carboxylic acids is 1. The number of anilines is 2. The molecule has 0 atom stereocenters. The number of nitrogens with one attached hydrogen (secondary N) is 1. The molecule has 1 aromatic carbocycles. The quantitative estimate of drug-likeness (QED) is 0.843. The summed E-state index contributed by atoms with van der Waals surface area (Å²) in [6, 6.07) is 8.61. The lowest BCUT2D eigenvalue weighted by Crippen LogP contribution is -2.05. The van der Waals surface area contributed by atoms with Crippen LogP contribution in [0.5, 0.6) is 0 Å². The molecule has 0 fully saturated rings. The molecular formula is C17H21N3O2. The average molecular weight is 299 g/mol. The fraction of sp³-hybridized carbons (Fsp3) is 0.353. The summed E-state index contributed by atoms with van der Waals surface area (Å²) in [4.78, 5) is 20.1. The Kier molecular flexibility index (Phi) is 5.09. The number of hydrogen-bond acceptors (Lipinski definition) is 4. The average Bonchev–Trinajstić information content (AvgIpc) is 2.47. The van der Waals surface area contributed by atoms with Crippen molar-refractivity contribution >= 4 is 17.5 Å². The molecule has 0 aliphatic heterocycles. The number of aromatic nitrogens is 2. The van der Waals surface area contributed by atoms with E-state index in [0.29, 0.717) is 11.5 Å². The minimum atomic E-state index is -0.944. The van der Waals surface area contributed by atoms with Gasteiger partial charge in [0.25, 0.3) is 0 Å². The van der Waals surface area contributed by atoms with Gasteiger partial charge in [-0.1, -0.05) is 33.3 Å². The second-order valence-corrected chi connectivity index (χ2v) is 5.52. The molecule has 0 aliphatic rings. The van der Waals surface area contributed by atoms with Crippen molar-refractivity contribution in [1.29, 1.82) is 0 Å². The monoisotopic (exact) mass is 299 g/mol. The maximum Gasteiger partial charge on any atom is 0.335 e. The summed E-state index contributed by atoms with van der Waals surface area (Å²) in [5, 5.41) is 12.2. The zero-order chi connectivity index (χ0) is 16.1. The summed E-state index contributed by atoms with van der Waals surface area (Å²) in [5.41, 5.74) is 1.95. The van der Waals surface area contributed by atoms with Crippen molar-refractivity contribution < 1.29 is 9.90 Å². The maximum atomic E-state index is 11.0. The van der Waals surface area contributed by atoms with Crippen molar-refractivity contribution in [1.82, 2.24) is 9.97 Å². The van der Waals surface area contributed by atoms with E-state index in [0.717, 1.165) is 24.4 Å². The molecule has 2 rings (SSSR count). The van der Waals surface area contributed by atoms with Crippen LogP contribution in [0.1, 0.15) is 55.0 Å². The van der Waals surface area contributed by atoms with Crippen LogP contribution in [0.3, 0.4) is 0 Å². The Hall–Kier alpha value is -2.43. The van der Waals surface area contributed by atoms with Crippen molar-refractivity contribution in [2.45, 2.75) is 39.5 Å². The van der Waals surface area contributed by atoms with E-state index in [9.17, 15) is 4.79 Å². The molecule has 0 aliphatic carbocycles. The first-order chi connectivity index (χ1) is 10.5. The van der Waals surface area contributed by atoms with Crippen LogP contribution < -0.4 is 5.32 Å². The van der Waals surface area contributed by atoms with Gasteiger partial charge in [-0.3, -0.25) is 0 Å². The number of carbonyl (C=O) groups is 1. The van der Waals surface area contributed by atoms with E-state index in [1.165, 1.54) is 0 Å². The van der Waals surface area contributed by atoms with Gasteiger partial charge in [0.1, 0.15) is 11.6 Å². The Bertz CT molecular complexity index is 669. The number of carboxylic acid groups (broad SMARTS) is 1. The molecule has 0 spiro atoms. The maximum absolute atomic E-state index is 11.0. The van der Waals surface area contributed by atoms with E-state index in [2.05, 4.69) is 36.1 Å². The summed E-state index contributed by atoms with van der Waals surface area (Å²) in [5.74, 6) is 0.788. The second-order valence-electron chi connectivity index (χ2n) is 5.52. The molecule has 116 valence electrons. The Balaban J connectivity index is 2.31. The molecule has 2 N–H and O–H groups in total. The highest BCUT2D eigenvalue weighted by atomic mass is 16.4. The van der Waals surface area contributed by atoms with Gasteiger partial charge in [-0.15, -0.1) is 0 Å². The summed E-state index contributed by atoms with van der Waals surface area (Å²) in [6.07, 6.45) is 1.91. The van der Waals surface area contributed by atoms with Gasteiger partial charge in [-0.05, 0) is 24.6 Å². The minimum Gasteiger partial charge on any atom is -0.478 e. The number of rotatable bonds is 6. The van der Waals surface area contributed by atoms with Gasteiger partial charge >= 0.3 is 5.97 Å². The molecule has 0 bridgehead atoms. The van der Waals surface area contributed by atoms with Crippen molar-refractivity contribution in [2.24, 2.45) is 0 Å². The van der Waals surface area contributed by atoms with Crippen LogP contribution >= 0.6 is 0 Å². The third kappa shape index (κ3) is 4.04. The van der Waals surface area contributed by atoms with Crippen molar-refractivity contribution in [3.63, 3.8) is 0 Å². The molecule has 0 saturated carbocycles. The number of benzene rings is 1. The second kappa shape index (κ2) is 7.02. The highest BCUT2D eigenvalue weighted by molar-refractivity contribution is 5.89. The van der Waals surface area contributed by atoms with Gasteiger partial charge < -0.3 is 10.4 Å². The Morgan fingerprint density at radius 3 is 2.68 bits per heavy atom. The molecule has 5 heteroatoms. The highest BCUT2D eigenvalue weighted by Crippen LogP contribution is 2.20. The SMILES string of the molecule is CCCc1cc(Nc2cccc(C(=O)O)c2)nc(C(C)C)n1. The molecular weight excluding hydrogens is 278 g/mol. The lowest BCUT2D eigenvalue weighted by Gasteiger charge is -2.12.